The minimum atomic E-state index is -0.311. The van der Waals surface area contributed by atoms with Crippen LogP contribution in [0.3, 0.4) is 0 Å². The normalized spacial score (nSPS) is 10.3. The summed E-state index contributed by atoms with van der Waals surface area (Å²) < 4.78 is 10.4. The molecule has 1 rings (SSSR count). The predicted molar refractivity (Wildman–Crippen MR) is 90.4 cm³/mol. The minimum Gasteiger partial charge on any atom is -0.466 e. The Labute approximate surface area is 139 Å². The minimum absolute atomic E-state index is 0.223. The van der Waals surface area contributed by atoms with Crippen LogP contribution in [0.4, 0.5) is 0 Å². The third-order valence-corrected chi connectivity index (χ3v) is 3.56. The molecule has 0 radical (unpaired) electrons. The molecule has 0 unspecified atom stereocenters. The lowest BCUT2D eigenvalue weighted by Gasteiger charge is -2.06. The molecular weight excluding hydrogens is 292 g/mol. The summed E-state index contributed by atoms with van der Waals surface area (Å²) in [6.45, 7) is 4.67. The number of hydrogen-bond acceptors (Lipinski definition) is 4. The van der Waals surface area contributed by atoms with Crippen molar-refractivity contribution in [3.63, 3.8) is 0 Å². The van der Waals surface area contributed by atoms with Gasteiger partial charge in [-0.15, -0.1) is 0 Å². The first kappa shape index (κ1) is 19.2. The van der Waals surface area contributed by atoms with Crippen LogP contribution in [0, 0.1) is 0 Å². The first-order valence-corrected chi connectivity index (χ1v) is 8.61. The summed E-state index contributed by atoms with van der Waals surface area (Å²) in [5, 5.41) is 0. The Kier molecular flexibility index (Phi) is 9.76. The molecule has 0 heterocycles. The van der Waals surface area contributed by atoms with Gasteiger partial charge in [-0.2, -0.15) is 0 Å². The second kappa shape index (κ2) is 11.7. The molecule has 128 valence electrons. The maximum absolute atomic E-state index is 11.8. The zero-order chi connectivity index (χ0) is 16.9. The van der Waals surface area contributed by atoms with Gasteiger partial charge in [0.05, 0.1) is 6.61 Å². The standard InChI is InChI=1S/C19H28O4/c1-3-5-6-7-14-22-18(20)12-9-13-19(21)23-17-11-8-10-16(4-2)15-17/h8,10-11,15H,3-7,9,12-14H2,1-2H3. The van der Waals surface area contributed by atoms with Crippen LogP contribution >= 0.6 is 0 Å². The monoisotopic (exact) mass is 320 g/mol. The summed E-state index contributed by atoms with van der Waals surface area (Å²) in [6, 6.07) is 7.50. The molecule has 0 bridgehead atoms. The van der Waals surface area contributed by atoms with Gasteiger partial charge in [0.1, 0.15) is 5.75 Å². The second-order valence-electron chi connectivity index (χ2n) is 5.61. The molecular formula is C19H28O4. The van der Waals surface area contributed by atoms with Crippen molar-refractivity contribution in [2.24, 2.45) is 0 Å². The number of carbonyl (C=O) groups excluding carboxylic acids is 2. The molecule has 23 heavy (non-hydrogen) atoms. The van der Waals surface area contributed by atoms with E-state index in [4.69, 9.17) is 9.47 Å². The molecule has 4 heteroatoms. The van der Waals surface area contributed by atoms with Crippen LogP contribution in [0.1, 0.15) is 64.4 Å². The van der Waals surface area contributed by atoms with Crippen LogP contribution in [0.15, 0.2) is 24.3 Å². The molecule has 0 saturated carbocycles. The number of benzene rings is 1. The average molecular weight is 320 g/mol. The fourth-order valence-corrected chi connectivity index (χ4v) is 2.18. The zero-order valence-electron chi connectivity index (χ0n) is 14.3. The molecule has 0 N–H and O–H groups in total. The number of aryl methyl sites for hydroxylation is 1. The summed E-state index contributed by atoms with van der Waals surface area (Å²) >= 11 is 0. The molecule has 0 aliphatic carbocycles. The Balaban J connectivity index is 2.14. The van der Waals surface area contributed by atoms with Crippen molar-refractivity contribution in [1.29, 1.82) is 0 Å². The van der Waals surface area contributed by atoms with Gasteiger partial charge in [-0.3, -0.25) is 9.59 Å². The third kappa shape index (κ3) is 9.01. The van der Waals surface area contributed by atoms with Gasteiger partial charge in [0.25, 0.3) is 0 Å². The molecule has 0 amide bonds. The largest absolute Gasteiger partial charge is 0.466 e. The maximum Gasteiger partial charge on any atom is 0.311 e. The fraction of sp³-hybridized carbons (Fsp3) is 0.579. The average Bonchev–Trinajstić information content (AvgIpc) is 2.54. The molecule has 0 aromatic heterocycles. The highest BCUT2D eigenvalue weighted by Gasteiger charge is 2.08. The van der Waals surface area contributed by atoms with Crippen LogP contribution in [-0.2, 0) is 20.7 Å². The first-order valence-electron chi connectivity index (χ1n) is 8.61. The summed E-state index contributed by atoms with van der Waals surface area (Å²) in [4.78, 5) is 23.3. The lowest BCUT2D eigenvalue weighted by atomic mass is 10.2. The van der Waals surface area contributed by atoms with E-state index >= 15 is 0 Å². The topological polar surface area (TPSA) is 52.6 Å². The number of hydrogen-bond donors (Lipinski definition) is 0. The highest BCUT2D eigenvalue weighted by atomic mass is 16.5. The van der Waals surface area contributed by atoms with Crippen LogP contribution < -0.4 is 4.74 Å². The fourth-order valence-electron chi connectivity index (χ4n) is 2.18. The Morgan fingerprint density at radius 3 is 2.48 bits per heavy atom. The molecule has 0 spiro atoms. The molecule has 1 aromatic carbocycles. The SMILES string of the molecule is CCCCCCOC(=O)CCCC(=O)Oc1cccc(CC)c1. The van der Waals surface area contributed by atoms with Gasteiger partial charge < -0.3 is 9.47 Å². The predicted octanol–water partition coefficient (Wildman–Crippen LogP) is 4.45. The quantitative estimate of drug-likeness (QED) is 0.343. The van der Waals surface area contributed by atoms with Crippen LogP contribution in [-0.4, -0.2) is 18.5 Å². The zero-order valence-corrected chi connectivity index (χ0v) is 14.3. The van der Waals surface area contributed by atoms with E-state index in [1.807, 2.05) is 18.2 Å². The van der Waals surface area contributed by atoms with Crippen molar-refractivity contribution < 1.29 is 19.1 Å². The van der Waals surface area contributed by atoms with E-state index in [1.54, 1.807) is 6.07 Å². The summed E-state index contributed by atoms with van der Waals surface area (Å²) in [7, 11) is 0. The molecule has 0 aliphatic heterocycles. The lowest BCUT2D eigenvalue weighted by Crippen LogP contribution is -2.10. The Hall–Kier alpha value is -1.84. The Morgan fingerprint density at radius 1 is 0.957 bits per heavy atom. The van der Waals surface area contributed by atoms with Crippen molar-refractivity contribution in [1.82, 2.24) is 0 Å². The Bertz CT molecular complexity index is 482. The van der Waals surface area contributed by atoms with E-state index in [1.165, 1.54) is 6.42 Å². The van der Waals surface area contributed by atoms with Crippen molar-refractivity contribution in [3.8, 4) is 5.75 Å². The maximum atomic E-state index is 11.8. The third-order valence-electron chi connectivity index (χ3n) is 3.56. The van der Waals surface area contributed by atoms with E-state index in [9.17, 15) is 9.59 Å². The summed E-state index contributed by atoms with van der Waals surface area (Å²) in [5.74, 6) is 0.0177. The van der Waals surface area contributed by atoms with Crippen molar-refractivity contribution in [2.45, 2.75) is 65.2 Å². The number of esters is 2. The van der Waals surface area contributed by atoms with Gasteiger partial charge >= 0.3 is 11.9 Å². The number of unbranched alkanes of at least 4 members (excludes halogenated alkanes) is 3. The van der Waals surface area contributed by atoms with E-state index in [0.29, 0.717) is 18.8 Å². The number of carbonyl (C=O) groups is 2. The second-order valence-corrected chi connectivity index (χ2v) is 5.61. The molecule has 4 nitrogen and oxygen atoms in total. The number of rotatable bonds is 11. The van der Waals surface area contributed by atoms with Crippen LogP contribution in [0.2, 0.25) is 0 Å². The smallest absolute Gasteiger partial charge is 0.311 e. The van der Waals surface area contributed by atoms with Crippen molar-refractivity contribution in [3.05, 3.63) is 29.8 Å². The van der Waals surface area contributed by atoms with E-state index in [-0.39, 0.29) is 24.8 Å². The van der Waals surface area contributed by atoms with Gasteiger partial charge in [0.2, 0.25) is 0 Å². The number of ether oxygens (including phenoxy) is 2. The van der Waals surface area contributed by atoms with Crippen LogP contribution in [0.5, 0.6) is 5.75 Å². The highest BCUT2D eigenvalue weighted by Crippen LogP contribution is 2.15. The van der Waals surface area contributed by atoms with Gasteiger partial charge in [-0.1, -0.05) is 45.2 Å². The van der Waals surface area contributed by atoms with E-state index in [0.717, 1.165) is 31.2 Å². The van der Waals surface area contributed by atoms with Gasteiger partial charge in [-0.05, 0) is 37.0 Å². The van der Waals surface area contributed by atoms with Gasteiger partial charge in [-0.25, -0.2) is 0 Å². The van der Waals surface area contributed by atoms with Crippen molar-refractivity contribution >= 4 is 11.9 Å². The molecule has 1 aromatic rings. The summed E-state index contributed by atoms with van der Waals surface area (Å²) in [5.41, 5.74) is 1.13. The summed E-state index contributed by atoms with van der Waals surface area (Å²) in [6.07, 6.45) is 6.18. The van der Waals surface area contributed by atoms with E-state index < -0.39 is 0 Å². The van der Waals surface area contributed by atoms with Crippen molar-refractivity contribution in [2.75, 3.05) is 6.61 Å². The molecule has 0 aliphatic rings. The van der Waals surface area contributed by atoms with Gasteiger partial charge in [0.15, 0.2) is 0 Å². The van der Waals surface area contributed by atoms with Crippen LogP contribution in [0.25, 0.3) is 0 Å². The molecule has 0 fully saturated rings. The first-order chi connectivity index (χ1) is 11.2. The van der Waals surface area contributed by atoms with E-state index in [2.05, 4.69) is 13.8 Å². The lowest BCUT2D eigenvalue weighted by molar-refractivity contribution is -0.144. The molecule has 0 saturated heterocycles. The Morgan fingerprint density at radius 2 is 1.74 bits per heavy atom. The molecule has 0 atom stereocenters. The highest BCUT2D eigenvalue weighted by molar-refractivity contribution is 5.74. The van der Waals surface area contributed by atoms with Gasteiger partial charge in [0, 0.05) is 12.8 Å².